The molecule has 94 valence electrons. The molecule has 0 aromatic heterocycles. The monoisotopic (exact) mass is 279 g/mol. The van der Waals surface area contributed by atoms with Crippen molar-refractivity contribution in [1.82, 2.24) is 0 Å². The van der Waals surface area contributed by atoms with E-state index in [1.165, 1.54) is 5.56 Å². The van der Waals surface area contributed by atoms with Crippen molar-refractivity contribution >= 4 is 23.2 Å². The van der Waals surface area contributed by atoms with Crippen molar-refractivity contribution in [2.45, 2.75) is 18.9 Å². The Hall–Kier alpha value is -1.02. The van der Waals surface area contributed by atoms with Crippen LogP contribution in [0, 0.1) is 0 Å². The Labute approximate surface area is 118 Å². The maximum atomic E-state index is 6.28. The minimum Gasteiger partial charge on any atom is -0.323 e. The summed E-state index contributed by atoms with van der Waals surface area (Å²) in [7, 11) is 0. The van der Waals surface area contributed by atoms with Crippen LogP contribution in [0.15, 0.2) is 48.5 Å². The maximum Gasteiger partial charge on any atom is 0.0406 e. The fraction of sp³-hybridized carbons (Fsp3) is 0.200. The Morgan fingerprint density at radius 2 is 1.17 bits per heavy atom. The molecule has 0 saturated carbocycles. The predicted octanol–water partition coefficient (Wildman–Crippen LogP) is 4.80. The van der Waals surface area contributed by atoms with Crippen molar-refractivity contribution in [2.75, 3.05) is 0 Å². The van der Waals surface area contributed by atoms with E-state index in [0.29, 0.717) is 0 Å². The number of benzene rings is 2. The van der Waals surface area contributed by atoms with Crippen LogP contribution in [0.5, 0.6) is 0 Å². The molecule has 0 spiro atoms. The van der Waals surface area contributed by atoms with Crippen LogP contribution in [0.25, 0.3) is 0 Å². The molecule has 2 rings (SSSR count). The van der Waals surface area contributed by atoms with E-state index in [-0.39, 0.29) is 12.0 Å². The van der Waals surface area contributed by atoms with E-state index in [1.54, 1.807) is 0 Å². The fourth-order valence-electron chi connectivity index (χ4n) is 1.95. The van der Waals surface area contributed by atoms with Gasteiger partial charge in [-0.3, -0.25) is 0 Å². The van der Waals surface area contributed by atoms with Crippen LogP contribution in [0.4, 0.5) is 0 Å². The molecule has 2 N–H and O–H groups in total. The lowest BCUT2D eigenvalue weighted by molar-refractivity contribution is 0.598. The lowest BCUT2D eigenvalue weighted by Gasteiger charge is -2.21. The van der Waals surface area contributed by atoms with Gasteiger partial charge in [-0.2, -0.15) is 0 Å². The number of hydrogen-bond acceptors (Lipinski definition) is 1. The predicted molar refractivity (Wildman–Crippen MR) is 78.2 cm³/mol. The van der Waals surface area contributed by atoms with Crippen LogP contribution in [0.3, 0.4) is 0 Å². The van der Waals surface area contributed by atoms with Gasteiger partial charge in [-0.1, -0.05) is 54.4 Å². The molecule has 0 unspecified atom stereocenters. The molecule has 0 aliphatic heterocycles. The number of hydrogen-bond donors (Lipinski definition) is 1. The molecule has 0 radical (unpaired) electrons. The van der Waals surface area contributed by atoms with E-state index in [9.17, 15) is 0 Å². The van der Waals surface area contributed by atoms with Crippen molar-refractivity contribution < 1.29 is 0 Å². The third kappa shape index (κ3) is 3.05. The molecule has 0 bridgehead atoms. The first-order valence-electron chi connectivity index (χ1n) is 5.84. The lowest BCUT2D eigenvalue weighted by atomic mass is 9.89. The second-order valence-corrected chi connectivity index (χ2v) is 5.29. The van der Waals surface area contributed by atoms with Crippen LogP contribution in [0.1, 0.15) is 30.0 Å². The second kappa shape index (κ2) is 5.75. The lowest BCUT2D eigenvalue weighted by Crippen LogP contribution is -2.17. The van der Waals surface area contributed by atoms with Gasteiger partial charge < -0.3 is 5.73 Å². The van der Waals surface area contributed by atoms with Gasteiger partial charge in [-0.05, 0) is 35.4 Å². The summed E-state index contributed by atoms with van der Waals surface area (Å²) in [6.45, 7) is 2.11. The van der Waals surface area contributed by atoms with Gasteiger partial charge in [-0.25, -0.2) is 0 Å². The van der Waals surface area contributed by atoms with E-state index in [4.69, 9.17) is 28.9 Å². The van der Waals surface area contributed by atoms with Crippen molar-refractivity contribution in [3.8, 4) is 0 Å². The zero-order valence-corrected chi connectivity index (χ0v) is 11.6. The highest BCUT2D eigenvalue weighted by atomic mass is 35.5. The molecular weight excluding hydrogens is 265 g/mol. The average molecular weight is 280 g/mol. The molecular formula is C15H15Cl2N. The number of halogens is 2. The van der Waals surface area contributed by atoms with E-state index in [0.717, 1.165) is 15.6 Å². The van der Waals surface area contributed by atoms with Crippen LogP contribution in [-0.2, 0) is 0 Å². The fourth-order valence-corrected chi connectivity index (χ4v) is 2.20. The van der Waals surface area contributed by atoms with Crippen LogP contribution >= 0.6 is 23.2 Å². The first kappa shape index (κ1) is 13.4. The molecule has 0 fully saturated rings. The molecule has 0 heterocycles. The van der Waals surface area contributed by atoms with Crippen molar-refractivity contribution in [3.05, 3.63) is 69.7 Å². The SMILES string of the molecule is C[C@@H](c1ccc(Cl)cc1)[C@@H](N)c1ccc(Cl)cc1. The van der Waals surface area contributed by atoms with Gasteiger partial charge in [0.05, 0.1) is 0 Å². The molecule has 0 amide bonds. The van der Waals surface area contributed by atoms with Gasteiger partial charge >= 0.3 is 0 Å². The van der Waals surface area contributed by atoms with Crippen LogP contribution < -0.4 is 5.73 Å². The highest BCUT2D eigenvalue weighted by molar-refractivity contribution is 6.30. The summed E-state index contributed by atoms with van der Waals surface area (Å²) >= 11 is 11.8. The summed E-state index contributed by atoms with van der Waals surface area (Å²) in [6, 6.07) is 15.4. The Balaban J connectivity index is 2.20. The minimum atomic E-state index is -0.0524. The van der Waals surface area contributed by atoms with E-state index < -0.39 is 0 Å². The van der Waals surface area contributed by atoms with Gasteiger partial charge in [0.2, 0.25) is 0 Å². The molecule has 0 aliphatic rings. The molecule has 2 atom stereocenters. The molecule has 0 aliphatic carbocycles. The highest BCUT2D eigenvalue weighted by Crippen LogP contribution is 2.29. The van der Waals surface area contributed by atoms with Crippen molar-refractivity contribution in [2.24, 2.45) is 5.73 Å². The molecule has 18 heavy (non-hydrogen) atoms. The Kier molecular flexibility index (Phi) is 4.28. The van der Waals surface area contributed by atoms with Crippen LogP contribution in [0.2, 0.25) is 10.0 Å². The molecule has 0 saturated heterocycles. The van der Waals surface area contributed by atoms with Gasteiger partial charge in [0.25, 0.3) is 0 Å². The average Bonchev–Trinajstić information content (AvgIpc) is 2.39. The standard InChI is InChI=1S/C15H15Cl2N/c1-10(11-2-6-13(16)7-3-11)15(18)12-4-8-14(17)9-5-12/h2-10,15H,18H2,1H3/t10-,15+/m0/s1. The van der Waals surface area contributed by atoms with E-state index in [1.807, 2.05) is 48.5 Å². The van der Waals surface area contributed by atoms with Crippen molar-refractivity contribution in [3.63, 3.8) is 0 Å². The Morgan fingerprint density at radius 3 is 1.61 bits per heavy atom. The van der Waals surface area contributed by atoms with Gasteiger partial charge in [0, 0.05) is 22.0 Å². The summed E-state index contributed by atoms with van der Waals surface area (Å²) in [5.74, 6) is 0.225. The summed E-state index contributed by atoms with van der Waals surface area (Å²) in [4.78, 5) is 0. The number of rotatable bonds is 3. The topological polar surface area (TPSA) is 26.0 Å². The van der Waals surface area contributed by atoms with Crippen molar-refractivity contribution in [1.29, 1.82) is 0 Å². The molecule has 3 heteroatoms. The minimum absolute atomic E-state index is 0.0524. The first-order valence-corrected chi connectivity index (χ1v) is 6.60. The van der Waals surface area contributed by atoms with E-state index >= 15 is 0 Å². The molecule has 1 nitrogen and oxygen atoms in total. The summed E-state index contributed by atoms with van der Waals surface area (Å²) in [5, 5.41) is 1.47. The van der Waals surface area contributed by atoms with Gasteiger partial charge in [0.15, 0.2) is 0 Å². The maximum absolute atomic E-state index is 6.28. The summed E-state index contributed by atoms with van der Waals surface area (Å²) in [5.41, 5.74) is 8.55. The third-order valence-corrected chi connectivity index (χ3v) is 3.69. The van der Waals surface area contributed by atoms with Gasteiger partial charge in [0.1, 0.15) is 0 Å². The van der Waals surface area contributed by atoms with Crippen LogP contribution in [-0.4, -0.2) is 0 Å². The number of nitrogens with two attached hydrogens (primary N) is 1. The molecule has 2 aromatic carbocycles. The zero-order chi connectivity index (χ0) is 13.1. The Morgan fingerprint density at radius 1 is 0.778 bits per heavy atom. The van der Waals surface area contributed by atoms with Gasteiger partial charge in [-0.15, -0.1) is 0 Å². The molecule has 2 aromatic rings. The summed E-state index contributed by atoms with van der Waals surface area (Å²) < 4.78 is 0. The third-order valence-electron chi connectivity index (χ3n) is 3.19. The zero-order valence-electron chi connectivity index (χ0n) is 10.1. The largest absolute Gasteiger partial charge is 0.323 e. The summed E-state index contributed by atoms with van der Waals surface area (Å²) in [6.07, 6.45) is 0. The quantitative estimate of drug-likeness (QED) is 0.858. The normalized spacial score (nSPS) is 14.2. The Bertz CT molecular complexity index is 456. The highest BCUT2D eigenvalue weighted by Gasteiger charge is 2.16. The second-order valence-electron chi connectivity index (χ2n) is 4.42. The van der Waals surface area contributed by atoms with E-state index in [2.05, 4.69) is 6.92 Å². The first-order chi connectivity index (χ1) is 8.58. The smallest absolute Gasteiger partial charge is 0.0406 e.